The van der Waals surface area contributed by atoms with Crippen molar-refractivity contribution in [2.45, 2.75) is 3.23 Å². The number of alkyl halides is 2. The largest absolute Gasteiger partial charge is 0.467 e. The molecule has 0 aliphatic heterocycles. The van der Waals surface area contributed by atoms with Crippen LogP contribution in [0.15, 0.2) is 30.3 Å². The fourth-order valence-electron chi connectivity index (χ4n) is 0.894. The van der Waals surface area contributed by atoms with Gasteiger partial charge in [0.15, 0.2) is 0 Å². The normalized spacial score (nSPS) is 11.0. The monoisotopic (exact) mass is 306 g/mol. The number of methoxy groups -OCH3 is 1. The number of rotatable bonds is 2. The summed E-state index contributed by atoms with van der Waals surface area (Å²) in [5.41, 5.74) is 0.807. The zero-order valence-corrected chi connectivity index (χ0v) is 10.1. The van der Waals surface area contributed by atoms with Crippen molar-refractivity contribution in [2.24, 2.45) is 0 Å². The third-order valence-electron chi connectivity index (χ3n) is 1.58. The fraction of sp³-hybridized carbons (Fsp3) is 0.222. The van der Waals surface area contributed by atoms with Crippen LogP contribution < -0.4 is 0 Å². The summed E-state index contributed by atoms with van der Waals surface area (Å²) < 4.78 is 3.70. The molecule has 0 spiro atoms. The van der Waals surface area contributed by atoms with Gasteiger partial charge in [-0.2, -0.15) is 0 Å². The second-order valence-corrected chi connectivity index (χ2v) is 5.88. The Morgan fingerprint density at radius 1 is 1.31 bits per heavy atom. The van der Waals surface area contributed by atoms with E-state index in [0.717, 1.165) is 5.56 Å². The average Bonchev–Trinajstić information content (AvgIpc) is 2.18. The Hall–Kier alpha value is -0.350. The van der Waals surface area contributed by atoms with Gasteiger partial charge in [-0.3, -0.25) is 0 Å². The number of carbonyl (C=O) groups excluding carboxylic acids is 1. The highest BCUT2D eigenvalue weighted by molar-refractivity contribution is 9.25. The van der Waals surface area contributed by atoms with Gasteiger partial charge >= 0.3 is 5.97 Å². The van der Waals surface area contributed by atoms with Gasteiger partial charge in [0.25, 0.3) is 0 Å². The molecular weight excluding hydrogens is 300 g/mol. The van der Waals surface area contributed by atoms with E-state index in [4.69, 9.17) is 0 Å². The summed E-state index contributed by atoms with van der Waals surface area (Å²) in [6.07, 6.45) is 0. The van der Waals surface area contributed by atoms with E-state index >= 15 is 0 Å². The van der Waals surface area contributed by atoms with Crippen LogP contribution in [-0.4, -0.2) is 13.1 Å². The van der Waals surface area contributed by atoms with Crippen molar-refractivity contribution >= 4 is 37.8 Å². The van der Waals surface area contributed by atoms with Gasteiger partial charge in [-0.05, 0) is 5.56 Å². The molecule has 0 radical (unpaired) electrons. The average molecular weight is 308 g/mol. The SMILES string of the molecule is COC(=O)C(Br)(Br)c1ccccc1. The van der Waals surface area contributed by atoms with E-state index in [9.17, 15) is 4.79 Å². The first-order valence-corrected chi connectivity index (χ1v) is 5.19. The molecule has 0 unspecified atom stereocenters. The van der Waals surface area contributed by atoms with E-state index in [1.54, 1.807) is 0 Å². The Morgan fingerprint density at radius 3 is 2.31 bits per heavy atom. The Morgan fingerprint density at radius 2 is 1.85 bits per heavy atom. The standard InChI is InChI=1S/C9H8Br2O2/c1-13-8(12)9(10,11)7-5-3-2-4-6-7/h2-6H,1H3. The van der Waals surface area contributed by atoms with E-state index in [-0.39, 0.29) is 5.97 Å². The highest BCUT2D eigenvalue weighted by Crippen LogP contribution is 2.38. The fourth-order valence-corrected chi connectivity index (χ4v) is 1.75. The van der Waals surface area contributed by atoms with Crippen LogP contribution in [0.3, 0.4) is 0 Å². The number of halogens is 2. The van der Waals surface area contributed by atoms with Gasteiger partial charge in [0.2, 0.25) is 3.23 Å². The molecule has 0 atom stereocenters. The first kappa shape index (κ1) is 10.7. The van der Waals surface area contributed by atoms with Crippen LogP contribution in [0.1, 0.15) is 5.56 Å². The molecule has 0 N–H and O–H groups in total. The molecule has 1 rings (SSSR count). The maximum Gasteiger partial charge on any atom is 0.338 e. The van der Waals surface area contributed by atoms with Crippen molar-refractivity contribution in [3.05, 3.63) is 35.9 Å². The minimum atomic E-state index is -0.935. The lowest BCUT2D eigenvalue weighted by Gasteiger charge is -2.17. The summed E-state index contributed by atoms with van der Waals surface area (Å²) >= 11 is 6.52. The molecule has 0 saturated carbocycles. The molecule has 0 aliphatic carbocycles. The highest BCUT2D eigenvalue weighted by atomic mass is 79.9. The van der Waals surface area contributed by atoms with Crippen LogP contribution in [0.4, 0.5) is 0 Å². The van der Waals surface area contributed by atoms with Gasteiger partial charge in [-0.25, -0.2) is 4.79 Å². The molecule has 0 bridgehead atoms. The van der Waals surface area contributed by atoms with Gasteiger partial charge in [0.1, 0.15) is 0 Å². The summed E-state index contributed by atoms with van der Waals surface area (Å²) in [4.78, 5) is 11.3. The summed E-state index contributed by atoms with van der Waals surface area (Å²) in [5, 5.41) is 0. The van der Waals surface area contributed by atoms with Crippen molar-refractivity contribution in [1.82, 2.24) is 0 Å². The smallest absolute Gasteiger partial charge is 0.338 e. The molecule has 1 aromatic rings. The number of hydrogen-bond acceptors (Lipinski definition) is 2. The Kier molecular flexibility index (Phi) is 3.50. The molecule has 0 saturated heterocycles. The van der Waals surface area contributed by atoms with Crippen LogP contribution in [0.25, 0.3) is 0 Å². The quantitative estimate of drug-likeness (QED) is 0.620. The Bertz CT molecular complexity index is 296. The lowest BCUT2D eigenvalue weighted by atomic mass is 10.1. The van der Waals surface area contributed by atoms with Crippen LogP contribution >= 0.6 is 31.9 Å². The van der Waals surface area contributed by atoms with E-state index < -0.39 is 3.23 Å². The Labute approximate surface area is 93.5 Å². The van der Waals surface area contributed by atoms with Crippen LogP contribution in [0.5, 0.6) is 0 Å². The first-order chi connectivity index (χ1) is 6.09. The minimum Gasteiger partial charge on any atom is -0.467 e. The van der Waals surface area contributed by atoms with Gasteiger partial charge in [0, 0.05) is 0 Å². The molecule has 0 amide bonds. The summed E-state index contributed by atoms with van der Waals surface area (Å²) in [6.45, 7) is 0. The minimum absolute atomic E-state index is 0.376. The van der Waals surface area contributed by atoms with Crippen molar-refractivity contribution in [3.8, 4) is 0 Å². The van der Waals surface area contributed by atoms with Gasteiger partial charge in [-0.15, -0.1) is 0 Å². The van der Waals surface area contributed by atoms with E-state index in [1.165, 1.54) is 7.11 Å². The molecular formula is C9H8Br2O2. The number of ether oxygens (including phenoxy) is 1. The lowest BCUT2D eigenvalue weighted by molar-refractivity contribution is -0.140. The number of benzene rings is 1. The molecule has 70 valence electrons. The van der Waals surface area contributed by atoms with Crippen molar-refractivity contribution < 1.29 is 9.53 Å². The van der Waals surface area contributed by atoms with E-state index in [0.29, 0.717) is 0 Å². The third-order valence-corrected chi connectivity index (χ3v) is 3.14. The molecule has 0 heterocycles. The predicted molar refractivity (Wildman–Crippen MR) is 58.0 cm³/mol. The number of esters is 1. The zero-order chi connectivity index (χ0) is 9.90. The van der Waals surface area contributed by atoms with Gasteiger partial charge in [-0.1, -0.05) is 62.2 Å². The second kappa shape index (κ2) is 4.24. The molecule has 0 fully saturated rings. The summed E-state index contributed by atoms with van der Waals surface area (Å²) in [6, 6.07) is 9.27. The number of carbonyl (C=O) groups is 1. The topological polar surface area (TPSA) is 26.3 Å². The first-order valence-electron chi connectivity index (χ1n) is 3.61. The molecule has 13 heavy (non-hydrogen) atoms. The van der Waals surface area contributed by atoms with Crippen molar-refractivity contribution in [1.29, 1.82) is 0 Å². The zero-order valence-electron chi connectivity index (χ0n) is 6.96. The number of hydrogen-bond donors (Lipinski definition) is 0. The third kappa shape index (κ3) is 2.31. The maximum atomic E-state index is 11.3. The molecule has 2 nitrogen and oxygen atoms in total. The van der Waals surface area contributed by atoms with Gasteiger partial charge < -0.3 is 4.74 Å². The summed E-state index contributed by atoms with van der Waals surface area (Å²) in [7, 11) is 1.35. The predicted octanol–water partition coefficient (Wildman–Crippen LogP) is 2.80. The molecule has 0 aromatic heterocycles. The van der Waals surface area contributed by atoms with Gasteiger partial charge in [0.05, 0.1) is 7.11 Å². The highest BCUT2D eigenvalue weighted by Gasteiger charge is 2.35. The van der Waals surface area contributed by atoms with E-state index in [2.05, 4.69) is 36.6 Å². The summed E-state index contributed by atoms with van der Waals surface area (Å²) in [5.74, 6) is -0.376. The van der Waals surface area contributed by atoms with Crippen LogP contribution in [-0.2, 0) is 12.8 Å². The lowest BCUT2D eigenvalue weighted by Crippen LogP contribution is -2.23. The molecule has 4 heteroatoms. The van der Waals surface area contributed by atoms with E-state index in [1.807, 2.05) is 30.3 Å². The van der Waals surface area contributed by atoms with Crippen molar-refractivity contribution in [2.75, 3.05) is 7.11 Å². The van der Waals surface area contributed by atoms with Crippen LogP contribution in [0.2, 0.25) is 0 Å². The second-order valence-electron chi connectivity index (χ2n) is 2.43. The van der Waals surface area contributed by atoms with Crippen molar-refractivity contribution in [3.63, 3.8) is 0 Å². The maximum absolute atomic E-state index is 11.3. The molecule has 1 aromatic carbocycles. The van der Waals surface area contributed by atoms with Crippen LogP contribution in [0, 0.1) is 0 Å². The Balaban J connectivity index is 3.00. The molecule has 0 aliphatic rings.